The second-order valence-corrected chi connectivity index (χ2v) is 7.42. The topological polar surface area (TPSA) is 75.7 Å². The van der Waals surface area contributed by atoms with E-state index in [9.17, 15) is 14.4 Å². The number of anilines is 1. The summed E-state index contributed by atoms with van der Waals surface area (Å²) >= 11 is 1.52. The summed E-state index contributed by atoms with van der Waals surface area (Å²) in [7, 11) is 1.49. The Morgan fingerprint density at radius 3 is 2.39 bits per heavy atom. The third-order valence-electron chi connectivity index (χ3n) is 4.16. The number of amides is 2. The zero-order chi connectivity index (χ0) is 20.7. The van der Waals surface area contributed by atoms with Crippen LogP contribution in [0.2, 0.25) is 0 Å². The van der Waals surface area contributed by atoms with Gasteiger partial charge in [-0.2, -0.15) is 0 Å². The van der Waals surface area contributed by atoms with Gasteiger partial charge in [-0.3, -0.25) is 9.59 Å². The minimum atomic E-state index is -0.602. The van der Waals surface area contributed by atoms with E-state index in [-0.39, 0.29) is 12.5 Å². The number of esters is 1. The minimum Gasteiger partial charge on any atom is -0.452 e. The van der Waals surface area contributed by atoms with Gasteiger partial charge in [-0.25, -0.2) is 4.79 Å². The maximum atomic E-state index is 12.2. The fourth-order valence-corrected chi connectivity index (χ4v) is 3.30. The van der Waals surface area contributed by atoms with Crippen LogP contribution in [-0.4, -0.2) is 42.9 Å². The molecule has 0 atom stereocenters. The van der Waals surface area contributed by atoms with Gasteiger partial charge >= 0.3 is 5.97 Å². The molecule has 1 heterocycles. The summed E-state index contributed by atoms with van der Waals surface area (Å²) in [4.78, 5) is 38.3. The lowest BCUT2D eigenvalue weighted by molar-refractivity contribution is -0.148. The minimum absolute atomic E-state index is 0.131. The Labute approximate surface area is 168 Å². The van der Waals surface area contributed by atoms with E-state index in [0.717, 1.165) is 27.3 Å². The summed E-state index contributed by atoms with van der Waals surface area (Å²) in [6, 6.07) is 7.68. The number of hydrogen-bond donors (Lipinski definition) is 1. The van der Waals surface area contributed by atoms with E-state index in [4.69, 9.17) is 4.74 Å². The third-order valence-corrected chi connectivity index (χ3v) is 5.15. The first-order valence-electron chi connectivity index (χ1n) is 8.77. The highest BCUT2D eigenvalue weighted by Crippen LogP contribution is 2.19. The molecule has 2 amide bonds. The molecule has 2 aromatic rings. The van der Waals surface area contributed by atoms with Crippen LogP contribution in [-0.2, 0) is 19.1 Å². The van der Waals surface area contributed by atoms with Gasteiger partial charge in [0, 0.05) is 23.7 Å². The summed E-state index contributed by atoms with van der Waals surface area (Å²) in [5, 5.41) is 4.75. The number of nitrogens with zero attached hydrogens (tertiary/aromatic N) is 1. The predicted molar refractivity (Wildman–Crippen MR) is 111 cm³/mol. The maximum Gasteiger partial charge on any atom is 0.331 e. The Morgan fingerprint density at radius 2 is 1.79 bits per heavy atom. The molecule has 0 aliphatic carbocycles. The normalized spacial score (nSPS) is 10.7. The molecule has 0 radical (unpaired) electrons. The number of hydrogen-bond acceptors (Lipinski definition) is 5. The number of thiophene rings is 1. The van der Waals surface area contributed by atoms with Crippen LogP contribution >= 0.6 is 11.3 Å². The largest absolute Gasteiger partial charge is 0.452 e. The Bertz CT molecular complexity index is 881. The molecule has 148 valence electrons. The molecule has 0 saturated heterocycles. The van der Waals surface area contributed by atoms with Crippen molar-refractivity contribution in [3.8, 4) is 0 Å². The van der Waals surface area contributed by atoms with E-state index >= 15 is 0 Å². The van der Waals surface area contributed by atoms with Crippen molar-refractivity contribution in [1.82, 2.24) is 4.90 Å². The van der Waals surface area contributed by atoms with Crippen LogP contribution in [0, 0.1) is 20.8 Å². The van der Waals surface area contributed by atoms with Crippen molar-refractivity contribution in [2.75, 3.05) is 25.5 Å². The summed E-state index contributed by atoms with van der Waals surface area (Å²) in [6.45, 7) is 5.21. The molecular weight excluding hydrogens is 376 g/mol. The highest BCUT2D eigenvalue weighted by Gasteiger charge is 2.15. The molecule has 28 heavy (non-hydrogen) atoms. The van der Waals surface area contributed by atoms with E-state index in [2.05, 4.69) is 5.32 Å². The number of ether oxygens (including phenoxy) is 1. The first kappa shape index (κ1) is 21.4. The molecule has 0 aliphatic heterocycles. The molecule has 1 aromatic carbocycles. The van der Waals surface area contributed by atoms with Crippen molar-refractivity contribution in [3.05, 3.63) is 57.3 Å². The summed E-state index contributed by atoms with van der Waals surface area (Å²) < 4.78 is 4.96. The van der Waals surface area contributed by atoms with Gasteiger partial charge in [-0.1, -0.05) is 18.2 Å². The van der Waals surface area contributed by atoms with E-state index in [1.807, 2.05) is 50.4 Å². The summed E-state index contributed by atoms with van der Waals surface area (Å²) in [5.41, 5.74) is 3.71. The van der Waals surface area contributed by atoms with E-state index in [0.29, 0.717) is 0 Å². The van der Waals surface area contributed by atoms with Crippen molar-refractivity contribution in [2.24, 2.45) is 0 Å². The van der Waals surface area contributed by atoms with Gasteiger partial charge in [0.05, 0.1) is 6.54 Å². The molecule has 0 fully saturated rings. The lowest BCUT2D eigenvalue weighted by Crippen LogP contribution is -2.37. The van der Waals surface area contributed by atoms with Crippen molar-refractivity contribution >= 4 is 40.9 Å². The number of carbonyl (C=O) groups is 3. The maximum absolute atomic E-state index is 12.2. The molecule has 0 spiro atoms. The van der Waals surface area contributed by atoms with Gasteiger partial charge in [-0.05, 0) is 55.0 Å². The Hall–Kier alpha value is -2.93. The monoisotopic (exact) mass is 400 g/mol. The van der Waals surface area contributed by atoms with Gasteiger partial charge in [0.2, 0.25) is 5.91 Å². The number of para-hydroxylation sites is 1. The molecule has 2 rings (SSSR count). The molecule has 7 heteroatoms. The molecule has 6 nitrogen and oxygen atoms in total. The van der Waals surface area contributed by atoms with Gasteiger partial charge in [-0.15, -0.1) is 11.3 Å². The lowest BCUT2D eigenvalue weighted by atomic mass is 10.1. The van der Waals surface area contributed by atoms with Crippen LogP contribution in [0.3, 0.4) is 0 Å². The molecule has 0 bridgehead atoms. The van der Waals surface area contributed by atoms with E-state index in [1.54, 1.807) is 6.08 Å². The number of benzene rings is 1. The second-order valence-electron chi connectivity index (χ2n) is 6.47. The molecule has 0 unspecified atom stereocenters. The zero-order valence-corrected chi connectivity index (χ0v) is 17.3. The quantitative estimate of drug-likeness (QED) is 0.571. The van der Waals surface area contributed by atoms with Crippen LogP contribution in [0.15, 0.2) is 35.7 Å². The number of rotatable bonds is 7. The standard InChI is InChI=1S/C21H24N2O4S/c1-14-10-11-28-17(14)8-9-20(26)27-13-19(25)23(4)12-18(24)22-21-15(2)6-5-7-16(21)3/h5-11H,12-13H2,1-4H3,(H,22,24)/b9-8+. The van der Waals surface area contributed by atoms with Crippen LogP contribution in [0.4, 0.5) is 5.69 Å². The van der Waals surface area contributed by atoms with Gasteiger partial charge in [0.15, 0.2) is 6.61 Å². The second kappa shape index (κ2) is 9.85. The van der Waals surface area contributed by atoms with E-state index < -0.39 is 18.5 Å². The first-order valence-corrected chi connectivity index (χ1v) is 9.65. The Kier molecular flexibility index (Phi) is 7.52. The fourth-order valence-electron chi connectivity index (χ4n) is 2.48. The molecule has 0 aliphatic rings. The third kappa shape index (κ3) is 6.06. The van der Waals surface area contributed by atoms with Crippen molar-refractivity contribution in [3.63, 3.8) is 0 Å². The van der Waals surface area contributed by atoms with Gasteiger partial charge < -0.3 is 15.0 Å². The SMILES string of the molecule is Cc1ccsc1/C=C/C(=O)OCC(=O)N(C)CC(=O)Nc1c(C)cccc1C. The predicted octanol–water partition coefficient (Wildman–Crippen LogP) is 3.33. The number of nitrogens with one attached hydrogen (secondary N) is 1. The molecule has 0 saturated carbocycles. The number of likely N-dealkylation sites (N-methyl/N-ethyl adjacent to an activating group) is 1. The molecule has 1 aromatic heterocycles. The van der Waals surface area contributed by atoms with Gasteiger partial charge in [0.1, 0.15) is 0 Å². The first-order chi connectivity index (χ1) is 13.3. The number of carbonyl (C=O) groups excluding carboxylic acids is 3. The molecular formula is C21H24N2O4S. The Morgan fingerprint density at radius 1 is 1.11 bits per heavy atom. The smallest absolute Gasteiger partial charge is 0.331 e. The summed E-state index contributed by atoms with van der Waals surface area (Å²) in [5.74, 6) is -1.37. The van der Waals surface area contributed by atoms with Crippen molar-refractivity contribution in [2.45, 2.75) is 20.8 Å². The van der Waals surface area contributed by atoms with Gasteiger partial charge in [0.25, 0.3) is 5.91 Å². The van der Waals surface area contributed by atoms with Crippen LogP contribution in [0.5, 0.6) is 0 Å². The molecule has 1 N–H and O–H groups in total. The average molecular weight is 401 g/mol. The average Bonchev–Trinajstić information content (AvgIpc) is 3.06. The Balaban J connectivity index is 1.80. The lowest BCUT2D eigenvalue weighted by Gasteiger charge is -2.18. The number of aryl methyl sites for hydroxylation is 3. The van der Waals surface area contributed by atoms with Crippen LogP contribution in [0.1, 0.15) is 21.6 Å². The summed E-state index contributed by atoms with van der Waals surface area (Å²) in [6.07, 6.45) is 2.95. The van der Waals surface area contributed by atoms with Crippen LogP contribution in [0.25, 0.3) is 6.08 Å². The highest BCUT2D eigenvalue weighted by molar-refractivity contribution is 7.11. The van der Waals surface area contributed by atoms with E-state index in [1.165, 1.54) is 29.4 Å². The fraction of sp³-hybridized carbons (Fsp3) is 0.286. The van der Waals surface area contributed by atoms with Crippen molar-refractivity contribution in [1.29, 1.82) is 0 Å². The van der Waals surface area contributed by atoms with Crippen LogP contribution < -0.4 is 5.32 Å². The highest BCUT2D eigenvalue weighted by atomic mass is 32.1. The zero-order valence-electron chi connectivity index (χ0n) is 16.4. The van der Waals surface area contributed by atoms with Crippen molar-refractivity contribution < 1.29 is 19.1 Å².